The molecule has 1 saturated carbocycles. The predicted molar refractivity (Wildman–Crippen MR) is 209 cm³/mol. The maximum atomic E-state index is 14.7. The summed E-state index contributed by atoms with van der Waals surface area (Å²) in [7, 11) is 3.91. The molecule has 2 saturated heterocycles. The van der Waals surface area contributed by atoms with Gasteiger partial charge in [-0.3, -0.25) is 24.1 Å². The first-order valence-electron chi connectivity index (χ1n) is 18.5. The number of ether oxygens (including phenoxy) is 1. The number of hydrogen-bond acceptors (Lipinski definition) is 9. The Balaban J connectivity index is 1.12. The van der Waals surface area contributed by atoms with Crippen molar-refractivity contribution in [1.29, 1.82) is 0 Å². The van der Waals surface area contributed by atoms with E-state index in [2.05, 4.69) is 10.2 Å². The summed E-state index contributed by atoms with van der Waals surface area (Å²) in [5.74, 6) is -5.22. The van der Waals surface area contributed by atoms with Gasteiger partial charge in [0.2, 0.25) is 23.6 Å². The molecule has 6 atom stereocenters. The van der Waals surface area contributed by atoms with Gasteiger partial charge < -0.3 is 14.7 Å². The smallest absolute Gasteiger partial charge is 0.241 e. The Labute approximate surface area is 328 Å². The fourth-order valence-corrected chi connectivity index (χ4v) is 9.22. The number of halogens is 2. The van der Waals surface area contributed by atoms with Crippen molar-refractivity contribution < 1.29 is 33.4 Å². The maximum Gasteiger partial charge on any atom is 0.241 e. The van der Waals surface area contributed by atoms with Crippen molar-refractivity contribution in [3.63, 3.8) is 0 Å². The minimum atomic E-state index is -1.29. The highest BCUT2D eigenvalue weighted by Gasteiger charge is 2.67. The van der Waals surface area contributed by atoms with Gasteiger partial charge in [0.15, 0.2) is 0 Å². The SMILES string of the molecule is CN(C)c1ccc(N=Nc2ccc(N3C(=O)[C@H]4[C@H](CC=C5[C@H]4C[C@H]4C(=O)N(c6ccc(F)c(Cl)c6)C(=O)[C@@]4(C)[C@H]5c4ccc(OCCO)cc4)C3=O)cc2)cc1. The van der Waals surface area contributed by atoms with Gasteiger partial charge in [0.1, 0.15) is 18.2 Å². The molecule has 4 aromatic carbocycles. The molecule has 3 fully saturated rings. The van der Waals surface area contributed by atoms with Crippen LogP contribution in [0.5, 0.6) is 5.75 Å². The first-order valence-corrected chi connectivity index (χ1v) is 18.8. The standard InChI is InChI=1S/C43H39ClFN5O6/c1-43-34(40(53)50(42(43)55)29-14-19-36(45)35(44)22-29)23-33-31(38(43)24-4-15-30(16-5-24)56-21-20-51)17-18-32-37(33)41(54)49(39(32)52)28-12-8-26(9-13-28)47-46-25-6-10-27(11-7-25)48(2)3/h4-17,19,22,32-34,37-38,51H,18,20-21,23H2,1-3H3/t32-,33+,34-,37-,38-,43+/m0/s1. The third kappa shape index (κ3) is 6.08. The van der Waals surface area contributed by atoms with E-state index in [1.54, 1.807) is 43.3 Å². The van der Waals surface area contributed by atoms with Crippen molar-refractivity contribution in [2.75, 3.05) is 42.0 Å². The lowest BCUT2D eigenvalue weighted by molar-refractivity contribution is -0.131. The number of anilines is 3. The zero-order valence-electron chi connectivity index (χ0n) is 30.9. The molecule has 2 heterocycles. The van der Waals surface area contributed by atoms with E-state index >= 15 is 0 Å². The number of imide groups is 2. The zero-order chi connectivity index (χ0) is 39.5. The summed E-state index contributed by atoms with van der Waals surface area (Å²) in [5, 5.41) is 17.7. The third-order valence-corrected chi connectivity index (χ3v) is 12.1. The largest absolute Gasteiger partial charge is 0.491 e. The summed E-state index contributed by atoms with van der Waals surface area (Å²) in [6.45, 7) is 1.72. The van der Waals surface area contributed by atoms with Crippen LogP contribution >= 0.6 is 11.6 Å². The van der Waals surface area contributed by atoms with Crippen molar-refractivity contribution in [2.45, 2.75) is 25.7 Å². The molecular weight excluding hydrogens is 737 g/mol. The number of azo groups is 1. The molecule has 4 amide bonds. The van der Waals surface area contributed by atoms with Crippen LogP contribution in [0.15, 0.2) is 113 Å². The van der Waals surface area contributed by atoms with Crippen molar-refractivity contribution in [3.8, 4) is 5.75 Å². The number of aliphatic hydroxyl groups is 1. The number of aliphatic hydroxyl groups excluding tert-OH is 1. The van der Waals surface area contributed by atoms with Crippen LogP contribution in [0.1, 0.15) is 31.2 Å². The van der Waals surface area contributed by atoms with Crippen LogP contribution in [0.4, 0.5) is 32.8 Å². The number of hydrogen-bond donors (Lipinski definition) is 1. The molecular formula is C43H39ClFN5O6. The number of benzene rings is 4. The number of amides is 4. The van der Waals surface area contributed by atoms with E-state index in [1.165, 1.54) is 17.0 Å². The second-order valence-corrected chi connectivity index (χ2v) is 15.4. The molecule has 11 nitrogen and oxygen atoms in total. The minimum Gasteiger partial charge on any atom is -0.491 e. The van der Waals surface area contributed by atoms with Gasteiger partial charge in [-0.2, -0.15) is 10.2 Å². The summed E-state index contributed by atoms with van der Waals surface area (Å²) in [6.07, 6.45) is 2.42. The zero-order valence-corrected chi connectivity index (χ0v) is 31.7. The second kappa shape index (κ2) is 14.4. The highest BCUT2D eigenvalue weighted by Crippen LogP contribution is 2.63. The summed E-state index contributed by atoms with van der Waals surface area (Å²) in [4.78, 5) is 62.0. The van der Waals surface area contributed by atoms with Gasteiger partial charge in [0, 0.05) is 25.7 Å². The first kappa shape index (κ1) is 37.2. The van der Waals surface area contributed by atoms with Gasteiger partial charge in [0.25, 0.3) is 0 Å². The van der Waals surface area contributed by atoms with E-state index in [4.69, 9.17) is 16.3 Å². The topological polar surface area (TPSA) is 132 Å². The van der Waals surface area contributed by atoms with Crippen molar-refractivity contribution in [1.82, 2.24) is 0 Å². The van der Waals surface area contributed by atoms with Crippen LogP contribution in [0.2, 0.25) is 5.02 Å². The maximum absolute atomic E-state index is 14.7. The third-order valence-electron chi connectivity index (χ3n) is 11.8. The Kier molecular flexibility index (Phi) is 9.58. The second-order valence-electron chi connectivity index (χ2n) is 15.0. The number of nitrogens with zero attached hydrogens (tertiary/aromatic N) is 5. The highest BCUT2D eigenvalue weighted by atomic mass is 35.5. The van der Waals surface area contributed by atoms with Crippen LogP contribution in [-0.2, 0) is 19.2 Å². The molecule has 2 aliphatic heterocycles. The Hall–Kier alpha value is -5.72. The lowest BCUT2D eigenvalue weighted by Crippen LogP contribution is -2.48. The lowest BCUT2D eigenvalue weighted by Gasteiger charge is -2.49. The van der Waals surface area contributed by atoms with Crippen molar-refractivity contribution in [2.24, 2.45) is 39.3 Å². The van der Waals surface area contributed by atoms with E-state index in [-0.39, 0.29) is 48.6 Å². The Morgan fingerprint density at radius 3 is 2.11 bits per heavy atom. The van der Waals surface area contributed by atoms with E-state index in [0.717, 1.165) is 27.8 Å². The van der Waals surface area contributed by atoms with Crippen molar-refractivity contribution >= 4 is 63.7 Å². The predicted octanol–water partition coefficient (Wildman–Crippen LogP) is 7.77. The highest BCUT2D eigenvalue weighted by molar-refractivity contribution is 6.32. The summed E-state index contributed by atoms with van der Waals surface area (Å²) in [5.41, 5.74) is 3.10. The molecule has 2 aliphatic carbocycles. The number of allylic oxidation sites excluding steroid dienone is 2. The fraction of sp³-hybridized carbons (Fsp3) is 0.302. The van der Waals surface area contributed by atoms with Crippen LogP contribution in [0, 0.1) is 34.9 Å². The van der Waals surface area contributed by atoms with Gasteiger partial charge in [0.05, 0.1) is 57.5 Å². The molecule has 0 radical (unpaired) electrons. The van der Waals surface area contributed by atoms with E-state index in [9.17, 15) is 28.7 Å². The molecule has 4 aliphatic rings. The van der Waals surface area contributed by atoms with E-state index in [1.807, 2.05) is 61.5 Å². The first-order chi connectivity index (χ1) is 26.9. The molecule has 0 bridgehead atoms. The summed E-state index contributed by atoms with van der Waals surface area (Å²) >= 11 is 6.12. The van der Waals surface area contributed by atoms with Crippen LogP contribution < -0.4 is 19.4 Å². The monoisotopic (exact) mass is 775 g/mol. The molecule has 0 spiro atoms. The Morgan fingerprint density at radius 2 is 1.48 bits per heavy atom. The average molecular weight is 776 g/mol. The van der Waals surface area contributed by atoms with E-state index < -0.39 is 52.6 Å². The van der Waals surface area contributed by atoms with Crippen LogP contribution in [0.25, 0.3) is 0 Å². The van der Waals surface area contributed by atoms with Gasteiger partial charge in [-0.25, -0.2) is 9.29 Å². The number of rotatable bonds is 9. The number of carbonyl (C=O) groups is 4. The lowest BCUT2D eigenvalue weighted by atomic mass is 9.51. The Morgan fingerprint density at radius 1 is 0.839 bits per heavy atom. The number of carbonyl (C=O) groups excluding carboxylic acids is 4. The molecule has 0 aromatic heterocycles. The molecule has 4 aromatic rings. The van der Waals surface area contributed by atoms with Crippen molar-refractivity contribution in [3.05, 3.63) is 119 Å². The average Bonchev–Trinajstić information content (AvgIpc) is 3.57. The molecule has 56 heavy (non-hydrogen) atoms. The number of fused-ring (bicyclic) bond motifs is 4. The Bertz CT molecular complexity index is 2300. The van der Waals surface area contributed by atoms with Crippen LogP contribution in [-0.4, -0.2) is 56.0 Å². The fourth-order valence-electron chi connectivity index (χ4n) is 9.04. The summed E-state index contributed by atoms with van der Waals surface area (Å²) in [6, 6.07) is 25.3. The quantitative estimate of drug-likeness (QED) is 0.104. The van der Waals surface area contributed by atoms with Crippen LogP contribution in [0.3, 0.4) is 0 Å². The van der Waals surface area contributed by atoms with Gasteiger partial charge in [-0.05, 0) is 110 Å². The summed E-state index contributed by atoms with van der Waals surface area (Å²) < 4.78 is 19.8. The van der Waals surface area contributed by atoms with Gasteiger partial charge >= 0.3 is 0 Å². The molecule has 0 unspecified atom stereocenters. The van der Waals surface area contributed by atoms with E-state index in [0.29, 0.717) is 22.8 Å². The normalized spacial score (nSPS) is 25.7. The minimum absolute atomic E-state index is 0.103. The molecule has 1 N–H and O–H groups in total. The van der Waals surface area contributed by atoms with Gasteiger partial charge in [-0.15, -0.1) is 0 Å². The van der Waals surface area contributed by atoms with Gasteiger partial charge in [-0.1, -0.05) is 35.4 Å². The molecule has 8 rings (SSSR count). The molecule has 13 heteroatoms. The molecule has 286 valence electrons.